The Morgan fingerprint density at radius 3 is 2.85 bits per heavy atom. The second kappa shape index (κ2) is 8.13. The first-order valence-electron chi connectivity index (χ1n) is 8.70. The molecule has 8 nitrogen and oxygen atoms in total. The molecule has 0 aliphatic carbocycles. The molecule has 0 spiro atoms. The van der Waals surface area contributed by atoms with E-state index in [-0.39, 0.29) is 17.9 Å². The van der Waals surface area contributed by atoms with Crippen molar-refractivity contribution in [3.8, 4) is 0 Å². The highest BCUT2D eigenvalue weighted by molar-refractivity contribution is 5.82. The molecule has 0 atom stereocenters. The highest BCUT2D eigenvalue weighted by Crippen LogP contribution is 2.13. The number of benzene rings is 1. The first-order chi connectivity index (χ1) is 13.0. The first kappa shape index (κ1) is 18.8. The van der Waals surface area contributed by atoms with Gasteiger partial charge in [0, 0.05) is 37.8 Å². The molecule has 0 aliphatic rings. The Bertz CT molecular complexity index is 1010. The van der Waals surface area contributed by atoms with Crippen molar-refractivity contribution in [2.24, 2.45) is 0 Å². The maximum absolute atomic E-state index is 12.8. The van der Waals surface area contributed by atoms with Crippen molar-refractivity contribution in [1.82, 2.24) is 24.2 Å². The van der Waals surface area contributed by atoms with Gasteiger partial charge in [-0.05, 0) is 19.1 Å². The van der Waals surface area contributed by atoms with E-state index in [4.69, 9.17) is 4.74 Å². The molecule has 3 aromatic rings. The van der Waals surface area contributed by atoms with E-state index in [0.29, 0.717) is 30.9 Å². The van der Waals surface area contributed by atoms with Crippen LogP contribution >= 0.6 is 0 Å². The molecule has 1 aromatic carbocycles. The van der Waals surface area contributed by atoms with E-state index in [1.807, 2.05) is 34.3 Å². The van der Waals surface area contributed by atoms with Crippen molar-refractivity contribution >= 4 is 16.8 Å². The highest BCUT2D eigenvalue weighted by Gasteiger charge is 2.16. The Labute approximate surface area is 157 Å². The molecule has 0 saturated heterocycles. The predicted octanol–water partition coefficient (Wildman–Crippen LogP) is 1.21. The molecular formula is C19H23N5O3. The van der Waals surface area contributed by atoms with Crippen molar-refractivity contribution in [2.75, 3.05) is 20.8 Å². The van der Waals surface area contributed by atoms with Crippen LogP contribution in [0.5, 0.6) is 0 Å². The van der Waals surface area contributed by atoms with Crippen molar-refractivity contribution in [2.45, 2.75) is 26.6 Å². The van der Waals surface area contributed by atoms with Gasteiger partial charge >= 0.3 is 0 Å². The number of aryl methyl sites for hydroxylation is 1. The lowest BCUT2D eigenvalue weighted by Crippen LogP contribution is -2.32. The Morgan fingerprint density at radius 2 is 2.07 bits per heavy atom. The van der Waals surface area contributed by atoms with E-state index < -0.39 is 0 Å². The van der Waals surface area contributed by atoms with Gasteiger partial charge in [0.1, 0.15) is 12.9 Å². The Hall–Kier alpha value is -3.00. The van der Waals surface area contributed by atoms with Crippen LogP contribution in [-0.4, -0.2) is 50.9 Å². The molecule has 3 rings (SSSR count). The number of ether oxygens (including phenoxy) is 1. The number of pyridine rings is 1. The first-order valence-corrected chi connectivity index (χ1v) is 8.70. The summed E-state index contributed by atoms with van der Waals surface area (Å²) in [6, 6.07) is 8.89. The summed E-state index contributed by atoms with van der Waals surface area (Å²) in [4.78, 5) is 26.6. The minimum Gasteiger partial charge on any atom is -0.383 e. The van der Waals surface area contributed by atoms with Crippen LogP contribution in [0.15, 0.2) is 41.5 Å². The number of fused-ring (bicyclic) bond motifs is 1. The summed E-state index contributed by atoms with van der Waals surface area (Å²) in [5.41, 5.74) is 1.47. The number of rotatable bonds is 7. The molecule has 2 aromatic heterocycles. The normalized spacial score (nSPS) is 11.1. The summed E-state index contributed by atoms with van der Waals surface area (Å²) in [5, 5.41) is 8.62. The lowest BCUT2D eigenvalue weighted by molar-refractivity contribution is -0.131. The van der Waals surface area contributed by atoms with Crippen LogP contribution < -0.4 is 5.43 Å². The zero-order valence-corrected chi connectivity index (χ0v) is 15.8. The monoisotopic (exact) mass is 369 g/mol. The second-order valence-electron chi connectivity index (χ2n) is 6.44. The summed E-state index contributed by atoms with van der Waals surface area (Å²) in [5.74, 6) is 0.623. The number of likely N-dealkylation sites (N-methyl/N-ethyl adjacent to an activating group) is 1. The van der Waals surface area contributed by atoms with Gasteiger partial charge < -0.3 is 18.8 Å². The molecule has 0 saturated carbocycles. The van der Waals surface area contributed by atoms with Crippen molar-refractivity contribution in [3.63, 3.8) is 0 Å². The SMILES string of the molecule is COCCn1cnnc1CN(C)C(=O)Cn1c(C)cc(=O)c2ccccc21. The molecule has 0 unspecified atom stereocenters. The summed E-state index contributed by atoms with van der Waals surface area (Å²) in [6.07, 6.45) is 1.63. The molecule has 0 N–H and O–H groups in total. The van der Waals surface area contributed by atoms with Gasteiger partial charge in [0.05, 0.1) is 18.7 Å². The second-order valence-corrected chi connectivity index (χ2v) is 6.44. The van der Waals surface area contributed by atoms with Gasteiger partial charge in [-0.1, -0.05) is 12.1 Å². The van der Waals surface area contributed by atoms with Crippen LogP contribution in [0.4, 0.5) is 0 Å². The number of aromatic nitrogens is 4. The predicted molar refractivity (Wildman–Crippen MR) is 101 cm³/mol. The van der Waals surface area contributed by atoms with Crippen LogP contribution in [0.25, 0.3) is 10.9 Å². The van der Waals surface area contributed by atoms with Gasteiger partial charge in [-0.3, -0.25) is 9.59 Å². The largest absolute Gasteiger partial charge is 0.383 e. The number of carbonyl (C=O) groups is 1. The number of para-hydroxylation sites is 1. The molecule has 0 bridgehead atoms. The number of nitrogens with zero attached hydrogens (tertiary/aromatic N) is 5. The van der Waals surface area contributed by atoms with Crippen molar-refractivity contribution in [1.29, 1.82) is 0 Å². The van der Waals surface area contributed by atoms with Crippen LogP contribution in [0.2, 0.25) is 0 Å². The molecule has 0 radical (unpaired) electrons. The zero-order valence-electron chi connectivity index (χ0n) is 15.8. The van der Waals surface area contributed by atoms with E-state index in [1.54, 1.807) is 37.5 Å². The summed E-state index contributed by atoms with van der Waals surface area (Å²) < 4.78 is 8.81. The maximum Gasteiger partial charge on any atom is 0.242 e. The van der Waals surface area contributed by atoms with Gasteiger partial charge in [0.25, 0.3) is 0 Å². The Morgan fingerprint density at radius 1 is 1.30 bits per heavy atom. The average Bonchev–Trinajstić information content (AvgIpc) is 3.10. The van der Waals surface area contributed by atoms with Gasteiger partial charge in [-0.25, -0.2) is 0 Å². The third-order valence-corrected chi connectivity index (χ3v) is 4.56. The fourth-order valence-corrected chi connectivity index (χ4v) is 3.00. The van der Waals surface area contributed by atoms with E-state index in [0.717, 1.165) is 11.2 Å². The molecule has 27 heavy (non-hydrogen) atoms. The van der Waals surface area contributed by atoms with Crippen molar-refractivity contribution < 1.29 is 9.53 Å². The maximum atomic E-state index is 12.8. The van der Waals surface area contributed by atoms with Crippen LogP contribution in [0, 0.1) is 6.92 Å². The zero-order chi connectivity index (χ0) is 19.4. The topological polar surface area (TPSA) is 82.2 Å². The van der Waals surface area contributed by atoms with E-state index in [1.165, 1.54) is 0 Å². The summed E-state index contributed by atoms with van der Waals surface area (Å²) in [6.45, 7) is 3.51. The number of carbonyl (C=O) groups excluding carboxylic acids is 1. The summed E-state index contributed by atoms with van der Waals surface area (Å²) in [7, 11) is 3.37. The van der Waals surface area contributed by atoms with Gasteiger partial charge in [-0.15, -0.1) is 10.2 Å². The van der Waals surface area contributed by atoms with E-state index in [9.17, 15) is 9.59 Å². The Balaban J connectivity index is 1.79. The standard InChI is InChI=1S/C19H23N5O3/c1-14-10-17(25)15-6-4-5-7-16(15)24(14)12-19(26)22(2)11-18-21-20-13-23(18)8-9-27-3/h4-7,10,13H,8-9,11-12H2,1-3H3. The smallest absolute Gasteiger partial charge is 0.242 e. The molecule has 8 heteroatoms. The van der Waals surface area contributed by atoms with Gasteiger partial charge in [-0.2, -0.15) is 0 Å². The average molecular weight is 369 g/mol. The van der Waals surface area contributed by atoms with Crippen molar-refractivity contribution in [3.05, 3.63) is 58.4 Å². The quantitative estimate of drug-likeness (QED) is 0.625. The van der Waals surface area contributed by atoms with Gasteiger partial charge in [0.15, 0.2) is 11.3 Å². The molecule has 0 fully saturated rings. The molecule has 142 valence electrons. The fraction of sp³-hybridized carbons (Fsp3) is 0.368. The molecular weight excluding hydrogens is 346 g/mol. The van der Waals surface area contributed by atoms with Crippen LogP contribution in [0.3, 0.4) is 0 Å². The van der Waals surface area contributed by atoms with E-state index >= 15 is 0 Å². The molecule has 1 amide bonds. The highest BCUT2D eigenvalue weighted by atomic mass is 16.5. The van der Waals surface area contributed by atoms with Gasteiger partial charge in [0.2, 0.25) is 5.91 Å². The van der Waals surface area contributed by atoms with Crippen LogP contribution in [-0.2, 0) is 29.2 Å². The van der Waals surface area contributed by atoms with E-state index in [2.05, 4.69) is 10.2 Å². The lowest BCUT2D eigenvalue weighted by Gasteiger charge is -2.20. The number of methoxy groups -OCH3 is 1. The minimum absolute atomic E-state index is 0.0357. The third-order valence-electron chi connectivity index (χ3n) is 4.56. The number of hydrogen-bond acceptors (Lipinski definition) is 5. The number of hydrogen-bond donors (Lipinski definition) is 0. The Kier molecular flexibility index (Phi) is 5.66. The molecule has 2 heterocycles. The molecule has 0 aliphatic heterocycles. The summed E-state index contributed by atoms with van der Waals surface area (Å²) >= 11 is 0. The fourth-order valence-electron chi connectivity index (χ4n) is 3.00. The van der Waals surface area contributed by atoms with Crippen LogP contribution in [0.1, 0.15) is 11.5 Å². The third kappa shape index (κ3) is 4.06. The lowest BCUT2D eigenvalue weighted by atomic mass is 10.2. The number of amides is 1. The minimum atomic E-state index is -0.0757.